The molecule has 3 aromatic rings. The Kier molecular flexibility index (Phi) is 6.33. The third-order valence-electron chi connectivity index (χ3n) is 4.25. The molecule has 0 fully saturated rings. The monoisotopic (exact) mass is 364 g/mol. The van der Waals surface area contributed by atoms with E-state index < -0.39 is 0 Å². The molecule has 1 amide bonds. The van der Waals surface area contributed by atoms with E-state index in [4.69, 9.17) is 4.74 Å². The molecule has 3 rings (SSSR count). The van der Waals surface area contributed by atoms with Gasteiger partial charge in [-0.25, -0.2) is 4.98 Å². The Labute approximate surface area is 159 Å². The SMILES string of the molecule is COc1ccccc1CCNC(=O)CN(C)Cc1cnc2ccccc2n1. The van der Waals surface area contributed by atoms with Crippen LogP contribution in [0.4, 0.5) is 0 Å². The van der Waals surface area contributed by atoms with Gasteiger partial charge in [0.25, 0.3) is 0 Å². The van der Waals surface area contributed by atoms with Crippen LogP contribution >= 0.6 is 0 Å². The van der Waals surface area contributed by atoms with Crippen molar-refractivity contribution in [2.45, 2.75) is 13.0 Å². The first-order valence-electron chi connectivity index (χ1n) is 8.93. The highest BCUT2D eigenvalue weighted by Crippen LogP contribution is 2.17. The quantitative estimate of drug-likeness (QED) is 0.665. The normalized spacial score (nSPS) is 10.9. The summed E-state index contributed by atoms with van der Waals surface area (Å²) in [4.78, 5) is 23.1. The Morgan fingerprint density at radius 3 is 2.67 bits per heavy atom. The number of hydrogen-bond donors (Lipinski definition) is 1. The average Bonchev–Trinajstić information content (AvgIpc) is 2.68. The highest BCUT2D eigenvalue weighted by molar-refractivity contribution is 5.78. The molecule has 6 heteroatoms. The first-order valence-corrected chi connectivity index (χ1v) is 8.93. The minimum Gasteiger partial charge on any atom is -0.496 e. The van der Waals surface area contributed by atoms with Crippen molar-refractivity contribution in [3.8, 4) is 5.75 Å². The Hall–Kier alpha value is -2.99. The van der Waals surface area contributed by atoms with Crippen LogP contribution in [0.3, 0.4) is 0 Å². The van der Waals surface area contributed by atoms with Gasteiger partial charge in [0, 0.05) is 13.1 Å². The smallest absolute Gasteiger partial charge is 0.234 e. The van der Waals surface area contributed by atoms with Gasteiger partial charge in [-0.2, -0.15) is 0 Å². The van der Waals surface area contributed by atoms with Crippen molar-refractivity contribution in [2.24, 2.45) is 0 Å². The van der Waals surface area contributed by atoms with Crippen molar-refractivity contribution in [2.75, 3.05) is 27.2 Å². The minimum absolute atomic E-state index is 0.0128. The van der Waals surface area contributed by atoms with E-state index in [-0.39, 0.29) is 5.91 Å². The van der Waals surface area contributed by atoms with E-state index in [1.807, 2.05) is 60.5 Å². The van der Waals surface area contributed by atoms with Crippen LogP contribution in [0.15, 0.2) is 54.7 Å². The molecule has 0 aliphatic heterocycles. The van der Waals surface area contributed by atoms with Gasteiger partial charge in [-0.05, 0) is 37.2 Å². The van der Waals surface area contributed by atoms with Gasteiger partial charge in [0.2, 0.25) is 5.91 Å². The molecule has 0 atom stereocenters. The van der Waals surface area contributed by atoms with Crippen LogP contribution in [-0.4, -0.2) is 48.0 Å². The highest BCUT2D eigenvalue weighted by Gasteiger charge is 2.09. The summed E-state index contributed by atoms with van der Waals surface area (Å²) in [5.74, 6) is 0.833. The van der Waals surface area contributed by atoms with E-state index in [1.54, 1.807) is 13.3 Å². The molecule has 27 heavy (non-hydrogen) atoms. The molecule has 6 nitrogen and oxygen atoms in total. The number of para-hydroxylation sites is 3. The third kappa shape index (κ3) is 5.24. The fourth-order valence-corrected chi connectivity index (χ4v) is 2.95. The number of carbonyl (C=O) groups excluding carboxylic acids is 1. The Bertz CT molecular complexity index is 913. The largest absolute Gasteiger partial charge is 0.496 e. The lowest BCUT2D eigenvalue weighted by atomic mass is 10.1. The molecule has 1 N–H and O–H groups in total. The number of hydrogen-bond acceptors (Lipinski definition) is 5. The van der Waals surface area contributed by atoms with Crippen molar-refractivity contribution in [3.05, 3.63) is 66.0 Å². The second-order valence-corrected chi connectivity index (χ2v) is 6.43. The molecule has 1 heterocycles. The second-order valence-electron chi connectivity index (χ2n) is 6.43. The summed E-state index contributed by atoms with van der Waals surface area (Å²) in [5.41, 5.74) is 3.67. The lowest BCUT2D eigenvalue weighted by molar-refractivity contribution is -0.122. The average molecular weight is 364 g/mol. The summed E-state index contributed by atoms with van der Waals surface area (Å²) in [6, 6.07) is 15.6. The summed E-state index contributed by atoms with van der Waals surface area (Å²) in [5, 5.41) is 2.96. The van der Waals surface area contributed by atoms with Crippen molar-refractivity contribution >= 4 is 16.9 Å². The molecule has 0 saturated heterocycles. The number of amides is 1. The topological polar surface area (TPSA) is 67.3 Å². The van der Waals surface area contributed by atoms with Crippen LogP contribution in [0.25, 0.3) is 11.0 Å². The zero-order valence-electron chi connectivity index (χ0n) is 15.7. The van der Waals surface area contributed by atoms with Crippen molar-refractivity contribution in [1.82, 2.24) is 20.2 Å². The first-order chi connectivity index (χ1) is 13.2. The van der Waals surface area contributed by atoms with Gasteiger partial charge in [-0.15, -0.1) is 0 Å². The Morgan fingerprint density at radius 1 is 1.11 bits per heavy atom. The fraction of sp³-hybridized carbons (Fsp3) is 0.286. The fourth-order valence-electron chi connectivity index (χ4n) is 2.95. The summed E-state index contributed by atoms with van der Waals surface area (Å²) in [6.45, 7) is 1.45. The van der Waals surface area contributed by atoms with E-state index in [0.717, 1.165) is 34.5 Å². The number of fused-ring (bicyclic) bond motifs is 1. The van der Waals surface area contributed by atoms with Gasteiger partial charge in [-0.1, -0.05) is 30.3 Å². The maximum atomic E-state index is 12.2. The molecular formula is C21H24N4O2. The van der Waals surface area contributed by atoms with Crippen molar-refractivity contribution in [1.29, 1.82) is 0 Å². The highest BCUT2D eigenvalue weighted by atomic mass is 16.5. The van der Waals surface area contributed by atoms with Crippen LogP contribution in [0.2, 0.25) is 0 Å². The number of likely N-dealkylation sites (N-methyl/N-ethyl adjacent to an activating group) is 1. The molecular weight excluding hydrogens is 340 g/mol. The number of aromatic nitrogens is 2. The lowest BCUT2D eigenvalue weighted by Gasteiger charge is -2.16. The number of nitrogens with zero attached hydrogens (tertiary/aromatic N) is 3. The molecule has 140 valence electrons. The minimum atomic E-state index is -0.0128. The van der Waals surface area contributed by atoms with E-state index in [9.17, 15) is 4.79 Å². The van der Waals surface area contributed by atoms with Gasteiger partial charge >= 0.3 is 0 Å². The standard InChI is InChI=1S/C21H24N4O2/c1-25(14-17-13-23-18-8-4-5-9-19(18)24-17)15-21(26)22-12-11-16-7-3-6-10-20(16)27-2/h3-10,13H,11-12,14-15H2,1-2H3,(H,22,26). The molecule has 0 aliphatic rings. The predicted molar refractivity (Wildman–Crippen MR) is 106 cm³/mol. The first kappa shape index (κ1) is 18.8. The van der Waals surface area contributed by atoms with Crippen LogP contribution in [0, 0.1) is 0 Å². The summed E-state index contributed by atoms with van der Waals surface area (Å²) >= 11 is 0. The molecule has 0 spiro atoms. The molecule has 0 saturated carbocycles. The maximum Gasteiger partial charge on any atom is 0.234 e. The maximum absolute atomic E-state index is 12.2. The van der Waals surface area contributed by atoms with Gasteiger partial charge in [-0.3, -0.25) is 14.7 Å². The van der Waals surface area contributed by atoms with Crippen LogP contribution < -0.4 is 10.1 Å². The lowest BCUT2D eigenvalue weighted by Crippen LogP contribution is -2.36. The van der Waals surface area contributed by atoms with E-state index in [2.05, 4.69) is 15.3 Å². The molecule has 2 aromatic carbocycles. The van der Waals surface area contributed by atoms with Gasteiger partial charge in [0.15, 0.2) is 0 Å². The Morgan fingerprint density at radius 2 is 1.85 bits per heavy atom. The number of benzene rings is 2. The van der Waals surface area contributed by atoms with Crippen molar-refractivity contribution in [3.63, 3.8) is 0 Å². The molecule has 1 aromatic heterocycles. The third-order valence-corrected chi connectivity index (χ3v) is 4.25. The van der Waals surface area contributed by atoms with Gasteiger partial charge in [0.1, 0.15) is 5.75 Å². The van der Waals surface area contributed by atoms with Crippen LogP contribution in [0.5, 0.6) is 5.75 Å². The zero-order chi connectivity index (χ0) is 19.1. The number of methoxy groups -OCH3 is 1. The zero-order valence-corrected chi connectivity index (χ0v) is 15.7. The van der Waals surface area contributed by atoms with Gasteiger partial charge in [0.05, 0.1) is 36.6 Å². The van der Waals surface area contributed by atoms with Gasteiger partial charge < -0.3 is 10.1 Å². The van der Waals surface area contributed by atoms with E-state index in [1.165, 1.54) is 0 Å². The summed E-state index contributed by atoms with van der Waals surface area (Å²) in [6.07, 6.45) is 2.49. The van der Waals surface area contributed by atoms with Crippen LogP contribution in [0.1, 0.15) is 11.3 Å². The Balaban J connectivity index is 1.47. The van der Waals surface area contributed by atoms with Crippen molar-refractivity contribution < 1.29 is 9.53 Å². The summed E-state index contributed by atoms with van der Waals surface area (Å²) in [7, 11) is 3.55. The number of ether oxygens (including phenoxy) is 1. The van der Waals surface area contributed by atoms with Crippen LogP contribution in [-0.2, 0) is 17.8 Å². The van der Waals surface area contributed by atoms with E-state index >= 15 is 0 Å². The van der Waals surface area contributed by atoms with E-state index in [0.29, 0.717) is 19.6 Å². The predicted octanol–water partition coefficient (Wildman–Crippen LogP) is 2.43. The molecule has 0 radical (unpaired) electrons. The molecule has 0 bridgehead atoms. The second kappa shape index (κ2) is 9.09. The molecule has 0 aliphatic carbocycles. The summed E-state index contributed by atoms with van der Waals surface area (Å²) < 4.78 is 5.33. The number of carbonyl (C=O) groups is 1. The molecule has 0 unspecified atom stereocenters. The number of rotatable bonds is 8. The number of nitrogens with one attached hydrogen (secondary N) is 1.